The lowest BCUT2D eigenvalue weighted by molar-refractivity contribution is -0.133. The first kappa shape index (κ1) is 18.3. The van der Waals surface area contributed by atoms with Gasteiger partial charge in [0, 0.05) is 25.9 Å². The monoisotopic (exact) mass is 363 g/mol. The first-order chi connectivity index (χ1) is 13.0. The van der Waals surface area contributed by atoms with Crippen molar-refractivity contribution in [2.75, 3.05) is 26.1 Å². The number of hydrogen-bond acceptors (Lipinski definition) is 4. The SMILES string of the molecule is COC(=O)C=c1[nH]n(-c2ccccc2)c(=O)c1=Cc1ccc(N(C)C)cc1. The summed E-state index contributed by atoms with van der Waals surface area (Å²) in [6, 6.07) is 17.0. The highest BCUT2D eigenvalue weighted by molar-refractivity contribution is 5.99. The molecule has 1 heterocycles. The van der Waals surface area contributed by atoms with Crippen molar-refractivity contribution in [2.24, 2.45) is 0 Å². The molecule has 0 bridgehead atoms. The number of nitrogens with zero attached hydrogens (tertiary/aromatic N) is 2. The molecule has 0 amide bonds. The average molecular weight is 363 g/mol. The van der Waals surface area contributed by atoms with Crippen LogP contribution in [0, 0.1) is 0 Å². The van der Waals surface area contributed by atoms with E-state index in [4.69, 9.17) is 4.74 Å². The molecule has 0 atom stereocenters. The molecule has 6 heteroatoms. The van der Waals surface area contributed by atoms with E-state index in [0.29, 0.717) is 16.3 Å². The van der Waals surface area contributed by atoms with Crippen molar-refractivity contribution in [2.45, 2.75) is 0 Å². The number of hydrogen-bond donors (Lipinski definition) is 1. The molecule has 138 valence electrons. The molecule has 0 unspecified atom stereocenters. The van der Waals surface area contributed by atoms with Gasteiger partial charge in [0.1, 0.15) is 0 Å². The average Bonchev–Trinajstić information content (AvgIpc) is 2.98. The molecule has 3 aromatic rings. The van der Waals surface area contributed by atoms with E-state index in [0.717, 1.165) is 11.3 Å². The predicted octanol–water partition coefficient (Wildman–Crippen LogP) is 1.01. The third-order valence-electron chi connectivity index (χ3n) is 4.15. The molecule has 0 aliphatic heterocycles. The fourth-order valence-electron chi connectivity index (χ4n) is 2.69. The normalized spacial score (nSPS) is 12.3. The van der Waals surface area contributed by atoms with Crippen LogP contribution in [0.1, 0.15) is 5.56 Å². The molecule has 6 nitrogen and oxygen atoms in total. The van der Waals surface area contributed by atoms with Crippen LogP contribution in [0.25, 0.3) is 17.8 Å². The second kappa shape index (κ2) is 7.78. The van der Waals surface area contributed by atoms with Gasteiger partial charge < -0.3 is 9.64 Å². The second-order valence-electron chi connectivity index (χ2n) is 6.21. The standard InChI is InChI=1S/C21H21N3O3/c1-23(2)16-11-9-15(10-12-16)13-18-19(14-20(25)27-3)22-24(21(18)26)17-7-5-4-6-8-17/h4-14,22H,1-3H3. The van der Waals surface area contributed by atoms with Gasteiger partial charge in [0.15, 0.2) is 0 Å². The number of methoxy groups -OCH3 is 1. The number of H-pyrrole nitrogens is 1. The van der Waals surface area contributed by atoms with Crippen molar-refractivity contribution >= 4 is 23.8 Å². The summed E-state index contributed by atoms with van der Waals surface area (Å²) >= 11 is 0. The van der Waals surface area contributed by atoms with Gasteiger partial charge in [-0.05, 0) is 35.9 Å². The summed E-state index contributed by atoms with van der Waals surface area (Å²) in [5, 5.41) is 3.78. The Bertz CT molecular complexity index is 1110. The van der Waals surface area contributed by atoms with E-state index in [1.54, 1.807) is 6.08 Å². The smallest absolute Gasteiger partial charge is 0.332 e. The Morgan fingerprint density at radius 2 is 1.74 bits per heavy atom. The molecule has 3 rings (SSSR count). The number of anilines is 1. The van der Waals surface area contributed by atoms with Gasteiger partial charge >= 0.3 is 5.97 Å². The van der Waals surface area contributed by atoms with Gasteiger partial charge in [-0.25, -0.2) is 9.48 Å². The van der Waals surface area contributed by atoms with E-state index < -0.39 is 5.97 Å². The van der Waals surface area contributed by atoms with E-state index in [2.05, 4.69) is 5.10 Å². The molecule has 0 saturated heterocycles. The van der Waals surface area contributed by atoms with Gasteiger partial charge in [0.05, 0.1) is 23.4 Å². The maximum atomic E-state index is 13.0. The van der Waals surface area contributed by atoms with Crippen molar-refractivity contribution < 1.29 is 9.53 Å². The highest BCUT2D eigenvalue weighted by Gasteiger charge is 2.07. The number of para-hydroxylation sites is 1. The first-order valence-electron chi connectivity index (χ1n) is 8.45. The zero-order chi connectivity index (χ0) is 19.4. The van der Waals surface area contributed by atoms with Gasteiger partial charge in [-0.1, -0.05) is 30.3 Å². The van der Waals surface area contributed by atoms with Crippen LogP contribution in [0.2, 0.25) is 0 Å². The Labute approximate surface area is 156 Å². The molecule has 0 fully saturated rings. The van der Waals surface area contributed by atoms with E-state index >= 15 is 0 Å². The summed E-state index contributed by atoms with van der Waals surface area (Å²) in [6.07, 6.45) is 3.04. The quantitative estimate of drug-likeness (QED) is 0.703. The molecule has 1 aromatic heterocycles. The maximum Gasteiger partial charge on any atom is 0.332 e. The van der Waals surface area contributed by atoms with E-state index in [9.17, 15) is 9.59 Å². The fourth-order valence-corrected chi connectivity index (χ4v) is 2.69. The van der Waals surface area contributed by atoms with Gasteiger partial charge in [0.25, 0.3) is 5.56 Å². The highest BCUT2D eigenvalue weighted by Crippen LogP contribution is 2.12. The summed E-state index contributed by atoms with van der Waals surface area (Å²) in [4.78, 5) is 26.7. The van der Waals surface area contributed by atoms with Crippen molar-refractivity contribution in [3.05, 3.63) is 81.1 Å². The van der Waals surface area contributed by atoms with E-state index in [-0.39, 0.29) is 5.56 Å². The molecule has 27 heavy (non-hydrogen) atoms. The molecular weight excluding hydrogens is 342 g/mol. The first-order valence-corrected chi connectivity index (χ1v) is 8.45. The van der Waals surface area contributed by atoms with Crippen molar-refractivity contribution in [1.29, 1.82) is 0 Å². The van der Waals surface area contributed by atoms with Crippen molar-refractivity contribution in [3.8, 4) is 5.69 Å². The summed E-state index contributed by atoms with van der Waals surface area (Å²) in [6.45, 7) is 0. The highest BCUT2D eigenvalue weighted by atomic mass is 16.5. The minimum Gasteiger partial charge on any atom is -0.466 e. The van der Waals surface area contributed by atoms with Crippen LogP contribution in [0.4, 0.5) is 5.69 Å². The van der Waals surface area contributed by atoms with Crippen molar-refractivity contribution in [1.82, 2.24) is 9.78 Å². The molecule has 0 spiro atoms. The lowest BCUT2D eigenvalue weighted by Crippen LogP contribution is -2.35. The van der Waals surface area contributed by atoms with Crippen LogP contribution in [0.15, 0.2) is 59.4 Å². The lowest BCUT2D eigenvalue weighted by atomic mass is 10.1. The van der Waals surface area contributed by atoms with E-state index in [1.807, 2.05) is 73.6 Å². The number of carbonyl (C=O) groups excluding carboxylic acids is 1. The van der Waals surface area contributed by atoms with Crippen LogP contribution in [-0.2, 0) is 9.53 Å². The number of nitrogens with one attached hydrogen (secondary N) is 1. The number of ether oxygens (including phenoxy) is 1. The third kappa shape index (κ3) is 4.00. The molecule has 2 aromatic carbocycles. The van der Waals surface area contributed by atoms with Crippen LogP contribution in [-0.4, -0.2) is 37.0 Å². The van der Waals surface area contributed by atoms with Crippen LogP contribution in [0.5, 0.6) is 0 Å². The third-order valence-corrected chi connectivity index (χ3v) is 4.15. The summed E-state index contributed by atoms with van der Waals surface area (Å²) in [5.41, 5.74) is 2.36. The van der Waals surface area contributed by atoms with Crippen LogP contribution in [0.3, 0.4) is 0 Å². The van der Waals surface area contributed by atoms with Crippen LogP contribution < -0.4 is 21.0 Å². The summed E-state index contributed by atoms with van der Waals surface area (Å²) in [5.74, 6) is -0.533. The fraction of sp³-hybridized carbons (Fsp3) is 0.143. The van der Waals surface area contributed by atoms with Crippen LogP contribution >= 0.6 is 0 Å². The number of benzene rings is 2. The summed E-state index contributed by atoms with van der Waals surface area (Å²) < 4.78 is 6.12. The van der Waals surface area contributed by atoms with Gasteiger partial charge in [-0.3, -0.25) is 9.89 Å². The minimum atomic E-state index is -0.533. The Hall–Kier alpha value is -3.54. The topological polar surface area (TPSA) is 67.3 Å². The molecule has 0 aliphatic rings. The molecular formula is C21H21N3O3. The zero-order valence-corrected chi connectivity index (χ0v) is 15.5. The Balaban J connectivity index is 2.21. The number of carbonyl (C=O) groups is 1. The lowest BCUT2D eigenvalue weighted by Gasteiger charge is -2.11. The molecule has 0 radical (unpaired) electrons. The van der Waals surface area contributed by atoms with Gasteiger partial charge in [-0.2, -0.15) is 0 Å². The molecule has 0 saturated carbocycles. The molecule has 1 N–H and O–H groups in total. The maximum absolute atomic E-state index is 13.0. The minimum absolute atomic E-state index is 0.243. The van der Waals surface area contributed by atoms with Gasteiger partial charge in [0.2, 0.25) is 0 Å². The summed E-state index contributed by atoms with van der Waals surface area (Å²) in [7, 11) is 5.23. The number of esters is 1. The Morgan fingerprint density at radius 1 is 1.07 bits per heavy atom. The predicted molar refractivity (Wildman–Crippen MR) is 106 cm³/mol. The number of aromatic amines is 1. The van der Waals surface area contributed by atoms with Crippen molar-refractivity contribution in [3.63, 3.8) is 0 Å². The molecule has 0 aliphatic carbocycles. The Morgan fingerprint density at radius 3 is 2.33 bits per heavy atom. The largest absolute Gasteiger partial charge is 0.466 e. The Kier molecular flexibility index (Phi) is 5.26. The second-order valence-corrected chi connectivity index (χ2v) is 6.21. The van der Waals surface area contributed by atoms with Gasteiger partial charge in [-0.15, -0.1) is 0 Å². The number of aromatic nitrogens is 2. The zero-order valence-electron chi connectivity index (χ0n) is 15.5. The van der Waals surface area contributed by atoms with E-state index in [1.165, 1.54) is 17.9 Å². The number of rotatable bonds is 4.